The molecule has 0 spiro atoms. The first-order valence-electron chi connectivity index (χ1n) is 5.38. The first-order valence-corrected chi connectivity index (χ1v) is 5.38. The highest BCUT2D eigenvalue weighted by Crippen LogP contribution is 1.93. The van der Waals surface area contributed by atoms with Crippen molar-refractivity contribution in [3.8, 4) is 0 Å². The number of amides is 1. The summed E-state index contributed by atoms with van der Waals surface area (Å²) in [6, 6.07) is -0.247. The van der Waals surface area contributed by atoms with Crippen LogP contribution >= 0.6 is 0 Å². The molecular formula is C10H22N2O3. The van der Waals surface area contributed by atoms with Crippen molar-refractivity contribution in [2.24, 2.45) is 0 Å². The molecule has 15 heavy (non-hydrogen) atoms. The number of hydrogen-bond donors (Lipinski definition) is 4. The van der Waals surface area contributed by atoms with Crippen molar-refractivity contribution in [1.82, 2.24) is 10.6 Å². The molecule has 5 heteroatoms. The summed E-state index contributed by atoms with van der Waals surface area (Å²) in [5, 5.41) is 23.1. The number of nitrogens with one attached hydrogen (secondary N) is 2. The van der Waals surface area contributed by atoms with Crippen LogP contribution in [0, 0.1) is 0 Å². The SMILES string of the molecule is CCCC(C)NC(=O)CNC(CO)CO. The predicted octanol–water partition coefficient (Wildman–Crippen LogP) is -0.766. The summed E-state index contributed by atoms with van der Waals surface area (Å²) in [5.41, 5.74) is 0. The van der Waals surface area contributed by atoms with Gasteiger partial charge in [-0.15, -0.1) is 0 Å². The summed E-state index contributed by atoms with van der Waals surface area (Å²) >= 11 is 0. The van der Waals surface area contributed by atoms with Crippen molar-refractivity contribution < 1.29 is 15.0 Å². The Morgan fingerprint density at radius 1 is 1.33 bits per heavy atom. The molecule has 0 aromatic carbocycles. The fraction of sp³-hybridized carbons (Fsp3) is 0.900. The zero-order chi connectivity index (χ0) is 11.7. The normalized spacial score (nSPS) is 12.9. The molecule has 0 fully saturated rings. The van der Waals surface area contributed by atoms with Gasteiger partial charge < -0.3 is 20.8 Å². The fourth-order valence-corrected chi connectivity index (χ4v) is 1.25. The molecule has 0 aliphatic rings. The molecule has 0 heterocycles. The van der Waals surface area contributed by atoms with Gasteiger partial charge in [0.25, 0.3) is 0 Å². The van der Waals surface area contributed by atoms with Crippen LogP contribution in [0.5, 0.6) is 0 Å². The van der Waals surface area contributed by atoms with E-state index in [2.05, 4.69) is 17.6 Å². The minimum atomic E-state index is -0.419. The molecule has 0 aromatic heterocycles. The van der Waals surface area contributed by atoms with Crippen LogP contribution in [0.25, 0.3) is 0 Å². The van der Waals surface area contributed by atoms with Crippen LogP contribution in [0.4, 0.5) is 0 Å². The Labute approximate surface area is 90.9 Å². The standard InChI is InChI=1S/C10H22N2O3/c1-3-4-8(2)12-10(15)5-11-9(6-13)7-14/h8-9,11,13-14H,3-7H2,1-2H3,(H,12,15). The number of hydrogen-bond acceptors (Lipinski definition) is 4. The Hall–Kier alpha value is -0.650. The highest BCUT2D eigenvalue weighted by Gasteiger charge is 2.09. The van der Waals surface area contributed by atoms with Gasteiger partial charge in [0.15, 0.2) is 0 Å². The lowest BCUT2D eigenvalue weighted by Crippen LogP contribution is -2.44. The van der Waals surface area contributed by atoms with Gasteiger partial charge in [0, 0.05) is 6.04 Å². The molecule has 0 rings (SSSR count). The van der Waals surface area contributed by atoms with Crippen LogP contribution in [0.3, 0.4) is 0 Å². The summed E-state index contributed by atoms with van der Waals surface area (Å²) < 4.78 is 0. The molecule has 0 aliphatic heterocycles. The second-order valence-electron chi connectivity index (χ2n) is 3.70. The summed E-state index contributed by atoms with van der Waals surface area (Å²) in [4.78, 5) is 11.3. The Bertz CT molecular complexity index is 172. The molecule has 5 nitrogen and oxygen atoms in total. The maximum atomic E-state index is 11.3. The van der Waals surface area contributed by atoms with Gasteiger partial charge in [0.2, 0.25) is 5.91 Å². The minimum Gasteiger partial charge on any atom is -0.395 e. The average molecular weight is 218 g/mol. The highest BCUT2D eigenvalue weighted by molar-refractivity contribution is 5.78. The van der Waals surface area contributed by atoms with E-state index < -0.39 is 6.04 Å². The van der Waals surface area contributed by atoms with E-state index in [1.807, 2.05) is 6.92 Å². The molecular weight excluding hydrogens is 196 g/mol. The lowest BCUT2D eigenvalue weighted by atomic mass is 10.2. The zero-order valence-electron chi connectivity index (χ0n) is 9.49. The average Bonchev–Trinajstić information content (AvgIpc) is 2.19. The summed E-state index contributed by atoms with van der Waals surface area (Å²) in [6.07, 6.45) is 1.99. The molecule has 1 unspecified atom stereocenters. The van der Waals surface area contributed by atoms with Gasteiger partial charge in [0.1, 0.15) is 0 Å². The van der Waals surface area contributed by atoms with Crippen molar-refractivity contribution in [2.45, 2.75) is 38.8 Å². The van der Waals surface area contributed by atoms with Gasteiger partial charge in [-0.25, -0.2) is 0 Å². The van der Waals surface area contributed by atoms with E-state index in [1.165, 1.54) is 0 Å². The van der Waals surface area contributed by atoms with Gasteiger partial charge in [-0.1, -0.05) is 13.3 Å². The van der Waals surface area contributed by atoms with Crippen LogP contribution in [-0.2, 0) is 4.79 Å². The van der Waals surface area contributed by atoms with E-state index in [4.69, 9.17) is 10.2 Å². The Morgan fingerprint density at radius 3 is 2.40 bits per heavy atom. The fourth-order valence-electron chi connectivity index (χ4n) is 1.25. The van der Waals surface area contributed by atoms with E-state index in [0.717, 1.165) is 12.8 Å². The van der Waals surface area contributed by atoms with E-state index in [9.17, 15) is 4.79 Å². The van der Waals surface area contributed by atoms with Crippen molar-refractivity contribution >= 4 is 5.91 Å². The molecule has 0 aliphatic carbocycles. The number of carbonyl (C=O) groups excluding carboxylic acids is 1. The lowest BCUT2D eigenvalue weighted by molar-refractivity contribution is -0.121. The molecule has 0 bridgehead atoms. The van der Waals surface area contributed by atoms with Crippen LogP contribution in [0.15, 0.2) is 0 Å². The van der Waals surface area contributed by atoms with Crippen LogP contribution in [-0.4, -0.2) is 48.0 Å². The van der Waals surface area contributed by atoms with Gasteiger partial charge in [-0.2, -0.15) is 0 Å². The lowest BCUT2D eigenvalue weighted by Gasteiger charge is -2.16. The molecule has 90 valence electrons. The minimum absolute atomic E-state index is 0.108. The molecule has 1 atom stereocenters. The van der Waals surface area contributed by atoms with Crippen LogP contribution < -0.4 is 10.6 Å². The molecule has 0 radical (unpaired) electrons. The molecule has 0 aromatic rings. The maximum absolute atomic E-state index is 11.3. The number of aliphatic hydroxyl groups excluding tert-OH is 2. The van der Waals surface area contributed by atoms with E-state index in [-0.39, 0.29) is 31.7 Å². The van der Waals surface area contributed by atoms with Gasteiger partial charge in [0.05, 0.1) is 25.8 Å². The zero-order valence-corrected chi connectivity index (χ0v) is 9.49. The van der Waals surface area contributed by atoms with Crippen molar-refractivity contribution in [2.75, 3.05) is 19.8 Å². The predicted molar refractivity (Wildman–Crippen MR) is 58.5 cm³/mol. The largest absolute Gasteiger partial charge is 0.395 e. The van der Waals surface area contributed by atoms with E-state index in [0.29, 0.717) is 0 Å². The second kappa shape index (κ2) is 8.64. The van der Waals surface area contributed by atoms with E-state index in [1.54, 1.807) is 0 Å². The first-order chi connectivity index (χ1) is 7.13. The van der Waals surface area contributed by atoms with Crippen molar-refractivity contribution in [3.05, 3.63) is 0 Å². The summed E-state index contributed by atoms with van der Waals surface area (Å²) in [5.74, 6) is -0.108. The van der Waals surface area contributed by atoms with Crippen LogP contribution in [0.1, 0.15) is 26.7 Å². The van der Waals surface area contributed by atoms with Crippen molar-refractivity contribution in [1.29, 1.82) is 0 Å². The number of aliphatic hydroxyl groups is 2. The molecule has 0 saturated heterocycles. The molecule has 1 amide bonds. The van der Waals surface area contributed by atoms with E-state index >= 15 is 0 Å². The third-order valence-corrected chi connectivity index (χ3v) is 2.12. The van der Waals surface area contributed by atoms with Crippen LogP contribution in [0.2, 0.25) is 0 Å². The Morgan fingerprint density at radius 2 is 1.93 bits per heavy atom. The summed E-state index contributed by atoms with van der Waals surface area (Å²) in [7, 11) is 0. The van der Waals surface area contributed by atoms with Gasteiger partial charge in [-0.3, -0.25) is 4.79 Å². The summed E-state index contributed by atoms with van der Waals surface area (Å²) in [6.45, 7) is 3.80. The number of carbonyl (C=O) groups is 1. The van der Waals surface area contributed by atoms with Gasteiger partial charge >= 0.3 is 0 Å². The number of rotatable bonds is 8. The second-order valence-corrected chi connectivity index (χ2v) is 3.70. The monoisotopic (exact) mass is 218 g/mol. The third-order valence-electron chi connectivity index (χ3n) is 2.12. The first kappa shape index (κ1) is 14.3. The van der Waals surface area contributed by atoms with Gasteiger partial charge in [-0.05, 0) is 13.3 Å². The Balaban J connectivity index is 3.64. The Kier molecular flexibility index (Phi) is 8.27. The third kappa shape index (κ3) is 7.30. The highest BCUT2D eigenvalue weighted by atomic mass is 16.3. The smallest absolute Gasteiger partial charge is 0.234 e. The quantitative estimate of drug-likeness (QED) is 0.431. The van der Waals surface area contributed by atoms with Crippen molar-refractivity contribution in [3.63, 3.8) is 0 Å². The molecule has 0 saturated carbocycles. The molecule has 4 N–H and O–H groups in total. The topological polar surface area (TPSA) is 81.6 Å². The maximum Gasteiger partial charge on any atom is 0.234 e.